The molecule has 1 aliphatic heterocycles. The van der Waals surface area contributed by atoms with Crippen LogP contribution >= 0.6 is 11.3 Å². The van der Waals surface area contributed by atoms with Crippen molar-refractivity contribution >= 4 is 29.1 Å². The summed E-state index contributed by atoms with van der Waals surface area (Å²) in [5.74, 6) is -1.76. The summed E-state index contributed by atoms with van der Waals surface area (Å²) in [6, 6.07) is 12.7. The third kappa shape index (κ3) is 4.49. The lowest BCUT2D eigenvalue weighted by atomic mass is 10.1. The van der Waals surface area contributed by atoms with E-state index in [1.165, 1.54) is 11.3 Å². The van der Waals surface area contributed by atoms with Crippen LogP contribution in [0.2, 0.25) is 0 Å². The smallest absolute Gasteiger partial charge is 0.305 e. The van der Waals surface area contributed by atoms with E-state index in [-0.39, 0.29) is 24.7 Å². The fourth-order valence-electron chi connectivity index (χ4n) is 3.08. The Kier molecular flexibility index (Phi) is 5.68. The van der Waals surface area contributed by atoms with Gasteiger partial charge in [0, 0.05) is 24.4 Å². The van der Waals surface area contributed by atoms with Crippen LogP contribution in [0.4, 0.5) is 0 Å². The van der Waals surface area contributed by atoms with Crippen LogP contribution in [0.3, 0.4) is 0 Å². The molecule has 6 nitrogen and oxygen atoms in total. The molecule has 3 rings (SSSR count). The lowest BCUT2D eigenvalue weighted by molar-refractivity contribution is -0.138. The molecule has 26 heavy (non-hydrogen) atoms. The largest absolute Gasteiger partial charge is 0.481 e. The van der Waals surface area contributed by atoms with Crippen molar-refractivity contribution in [2.45, 2.75) is 25.4 Å². The van der Waals surface area contributed by atoms with Gasteiger partial charge < -0.3 is 15.3 Å². The fourth-order valence-corrected chi connectivity index (χ4v) is 3.86. The zero-order valence-corrected chi connectivity index (χ0v) is 14.9. The number of nitrogens with zero attached hydrogens (tertiary/aromatic N) is 1. The maximum Gasteiger partial charge on any atom is 0.305 e. The third-order valence-electron chi connectivity index (χ3n) is 4.38. The predicted octanol–water partition coefficient (Wildman–Crippen LogP) is 2.43. The number of likely N-dealkylation sites (tertiary alicyclic amines) is 1. The average molecular weight is 372 g/mol. The number of carbonyl (C=O) groups excluding carboxylic acids is 2. The lowest BCUT2D eigenvalue weighted by Crippen LogP contribution is -2.36. The van der Waals surface area contributed by atoms with Crippen molar-refractivity contribution in [2.75, 3.05) is 6.54 Å². The molecule has 2 aromatic rings. The van der Waals surface area contributed by atoms with Gasteiger partial charge in [-0.05, 0) is 17.0 Å². The van der Waals surface area contributed by atoms with Crippen molar-refractivity contribution < 1.29 is 19.5 Å². The van der Waals surface area contributed by atoms with Crippen molar-refractivity contribution in [1.82, 2.24) is 10.2 Å². The van der Waals surface area contributed by atoms with E-state index in [1.807, 2.05) is 41.8 Å². The first-order valence-corrected chi connectivity index (χ1v) is 9.28. The van der Waals surface area contributed by atoms with E-state index in [4.69, 9.17) is 5.11 Å². The van der Waals surface area contributed by atoms with Crippen LogP contribution in [-0.2, 0) is 20.9 Å². The highest BCUT2D eigenvalue weighted by atomic mass is 32.1. The lowest BCUT2D eigenvalue weighted by Gasteiger charge is -2.19. The number of nitrogens with one attached hydrogen (secondary N) is 1. The zero-order chi connectivity index (χ0) is 18.5. The summed E-state index contributed by atoms with van der Waals surface area (Å²) >= 11 is 1.41. The van der Waals surface area contributed by atoms with Crippen molar-refractivity contribution in [3.8, 4) is 0 Å². The predicted molar refractivity (Wildman–Crippen MR) is 97.4 cm³/mol. The van der Waals surface area contributed by atoms with Crippen molar-refractivity contribution in [2.24, 2.45) is 5.92 Å². The molecule has 1 saturated heterocycles. The summed E-state index contributed by atoms with van der Waals surface area (Å²) in [6.45, 7) is 0.830. The molecule has 136 valence electrons. The highest BCUT2D eigenvalue weighted by molar-refractivity contribution is 7.10. The first-order chi connectivity index (χ1) is 12.5. The van der Waals surface area contributed by atoms with Gasteiger partial charge >= 0.3 is 5.97 Å². The standard InChI is InChI=1S/C19H20N2O4S/c22-17-9-14(12-21(17)11-13-5-2-1-3-6-13)19(25)20-15(10-18(23)24)16-7-4-8-26-16/h1-8,14-15H,9-12H2,(H,20,25)(H,23,24)/t14-,15+/m1/s1. The van der Waals surface area contributed by atoms with E-state index >= 15 is 0 Å². The Morgan fingerprint density at radius 2 is 2.00 bits per heavy atom. The van der Waals surface area contributed by atoms with Gasteiger partial charge in [-0.3, -0.25) is 14.4 Å². The van der Waals surface area contributed by atoms with Crippen LogP contribution in [-0.4, -0.2) is 34.3 Å². The van der Waals surface area contributed by atoms with Crippen LogP contribution < -0.4 is 5.32 Å². The molecule has 2 heterocycles. The number of carbonyl (C=O) groups is 3. The molecule has 0 saturated carbocycles. The number of carboxylic acids is 1. The molecule has 0 radical (unpaired) electrons. The molecule has 1 aliphatic rings. The molecule has 0 unspecified atom stereocenters. The second kappa shape index (κ2) is 8.14. The Bertz CT molecular complexity index is 776. The number of rotatable bonds is 7. The summed E-state index contributed by atoms with van der Waals surface area (Å²) in [5.41, 5.74) is 1.02. The Labute approximate surface area is 155 Å². The van der Waals surface area contributed by atoms with E-state index < -0.39 is 17.9 Å². The second-order valence-electron chi connectivity index (χ2n) is 6.34. The minimum atomic E-state index is -0.975. The molecule has 1 aromatic carbocycles. The SMILES string of the molecule is O=C(O)C[C@H](NC(=O)[C@@H]1CC(=O)N(Cc2ccccc2)C1)c1cccs1. The van der Waals surface area contributed by atoms with Crippen LogP contribution in [0.25, 0.3) is 0 Å². The van der Waals surface area contributed by atoms with Gasteiger partial charge in [0.1, 0.15) is 0 Å². The molecule has 2 atom stereocenters. The molecule has 2 amide bonds. The summed E-state index contributed by atoms with van der Waals surface area (Å²) in [4.78, 5) is 38.4. The molecule has 2 N–H and O–H groups in total. The number of hydrogen-bond acceptors (Lipinski definition) is 4. The monoisotopic (exact) mass is 372 g/mol. The fraction of sp³-hybridized carbons (Fsp3) is 0.316. The number of aliphatic carboxylic acids is 1. The van der Waals surface area contributed by atoms with Gasteiger partial charge in [0.25, 0.3) is 0 Å². The normalized spacial score (nSPS) is 17.9. The Morgan fingerprint density at radius 3 is 2.65 bits per heavy atom. The number of hydrogen-bond donors (Lipinski definition) is 2. The minimum absolute atomic E-state index is 0.0556. The maximum atomic E-state index is 12.6. The van der Waals surface area contributed by atoms with E-state index in [9.17, 15) is 14.4 Å². The van der Waals surface area contributed by atoms with E-state index in [0.717, 1.165) is 10.4 Å². The average Bonchev–Trinajstić information content (AvgIpc) is 3.25. The van der Waals surface area contributed by atoms with Crippen molar-refractivity contribution in [1.29, 1.82) is 0 Å². The molecule has 1 aromatic heterocycles. The summed E-state index contributed by atoms with van der Waals surface area (Å²) < 4.78 is 0. The van der Waals surface area contributed by atoms with Gasteiger partial charge in [0.15, 0.2) is 0 Å². The first kappa shape index (κ1) is 18.1. The van der Waals surface area contributed by atoms with Crippen molar-refractivity contribution in [3.05, 3.63) is 58.3 Å². The minimum Gasteiger partial charge on any atom is -0.481 e. The third-order valence-corrected chi connectivity index (χ3v) is 5.37. The van der Waals surface area contributed by atoms with E-state index in [0.29, 0.717) is 13.1 Å². The summed E-state index contributed by atoms with van der Waals surface area (Å²) in [6.07, 6.45) is -0.0243. The Balaban J connectivity index is 1.62. The number of amides is 2. The topological polar surface area (TPSA) is 86.7 Å². The van der Waals surface area contributed by atoms with E-state index in [1.54, 1.807) is 11.0 Å². The van der Waals surface area contributed by atoms with Gasteiger partial charge in [-0.15, -0.1) is 11.3 Å². The van der Waals surface area contributed by atoms with Crippen LogP contribution in [0.5, 0.6) is 0 Å². The quantitative estimate of drug-likeness (QED) is 0.781. The van der Waals surface area contributed by atoms with Gasteiger partial charge in [-0.2, -0.15) is 0 Å². The summed E-state index contributed by atoms with van der Waals surface area (Å²) in [7, 11) is 0. The molecule has 0 bridgehead atoms. The molecule has 7 heteroatoms. The molecule has 0 aliphatic carbocycles. The van der Waals surface area contributed by atoms with Gasteiger partial charge in [0.05, 0.1) is 18.4 Å². The highest BCUT2D eigenvalue weighted by Gasteiger charge is 2.35. The zero-order valence-electron chi connectivity index (χ0n) is 14.1. The first-order valence-electron chi connectivity index (χ1n) is 8.40. The Hall–Kier alpha value is -2.67. The Morgan fingerprint density at radius 1 is 1.23 bits per heavy atom. The highest BCUT2D eigenvalue weighted by Crippen LogP contribution is 2.25. The molecule has 1 fully saturated rings. The molecular formula is C19H20N2O4S. The number of thiophene rings is 1. The van der Waals surface area contributed by atoms with E-state index in [2.05, 4.69) is 5.32 Å². The maximum absolute atomic E-state index is 12.6. The summed E-state index contributed by atoms with van der Waals surface area (Å²) in [5, 5.41) is 13.8. The van der Waals surface area contributed by atoms with Crippen LogP contribution in [0.1, 0.15) is 29.3 Å². The molecular weight excluding hydrogens is 352 g/mol. The van der Waals surface area contributed by atoms with Gasteiger partial charge in [-0.1, -0.05) is 36.4 Å². The van der Waals surface area contributed by atoms with Crippen molar-refractivity contribution in [3.63, 3.8) is 0 Å². The van der Waals surface area contributed by atoms with Gasteiger partial charge in [-0.25, -0.2) is 0 Å². The van der Waals surface area contributed by atoms with Crippen LogP contribution in [0, 0.1) is 5.92 Å². The number of benzene rings is 1. The molecule has 0 spiro atoms. The van der Waals surface area contributed by atoms with Gasteiger partial charge in [0.2, 0.25) is 11.8 Å². The second-order valence-corrected chi connectivity index (χ2v) is 7.31. The van der Waals surface area contributed by atoms with Crippen LogP contribution in [0.15, 0.2) is 47.8 Å². The number of carboxylic acid groups (broad SMARTS) is 1.